The minimum Gasteiger partial charge on any atom is -0.493 e. The Morgan fingerprint density at radius 2 is 2.14 bits per heavy atom. The predicted molar refractivity (Wildman–Crippen MR) is 112 cm³/mol. The first-order valence-electron chi connectivity index (χ1n) is 9.91. The van der Waals surface area contributed by atoms with Gasteiger partial charge in [-0.2, -0.15) is 0 Å². The molecular weight excluding hydrogens is 352 g/mol. The number of rotatable bonds is 7. The zero-order valence-corrected chi connectivity index (χ0v) is 16.9. The van der Waals surface area contributed by atoms with Gasteiger partial charge >= 0.3 is 0 Å². The first-order valence-corrected chi connectivity index (χ1v) is 9.91. The molecule has 2 atom stereocenters. The van der Waals surface area contributed by atoms with Crippen LogP contribution < -0.4 is 20.5 Å². The first kappa shape index (κ1) is 20.0. The van der Waals surface area contributed by atoms with Crippen LogP contribution in [0.1, 0.15) is 50.8 Å². The summed E-state index contributed by atoms with van der Waals surface area (Å²) >= 11 is 0. The maximum absolute atomic E-state index is 6.13. The molecule has 1 aliphatic rings. The summed E-state index contributed by atoms with van der Waals surface area (Å²) in [7, 11) is 0. The van der Waals surface area contributed by atoms with Gasteiger partial charge in [0.25, 0.3) is 0 Å². The van der Waals surface area contributed by atoms with Gasteiger partial charge in [-0.25, -0.2) is 9.98 Å². The van der Waals surface area contributed by atoms with E-state index in [4.69, 9.17) is 15.2 Å². The third-order valence-corrected chi connectivity index (χ3v) is 4.64. The number of benzene rings is 1. The fraction of sp³-hybridized carbons (Fsp3) is 0.455. The number of fused-ring (bicyclic) bond motifs is 1. The highest BCUT2D eigenvalue weighted by atomic mass is 16.5. The van der Waals surface area contributed by atoms with Crippen LogP contribution in [0.4, 0.5) is 0 Å². The summed E-state index contributed by atoms with van der Waals surface area (Å²) in [4.78, 5) is 8.79. The van der Waals surface area contributed by atoms with Gasteiger partial charge in [0, 0.05) is 24.2 Å². The molecule has 0 saturated heterocycles. The largest absolute Gasteiger partial charge is 0.493 e. The molecule has 1 aliphatic heterocycles. The van der Waals surface area contributed by atoms with E-state index in [2.05, 4.69) is 42.1 Å². The average Bonchev–Trinajstić information content (AvgIpc) is 2.66. The highest BCUT2D eigenvalue weighted by molar-refractivity contribution is 5.78. The molecule has 0 amide bonds. The molecule has 2 heterocycles. The Hall–Kier alpha value is -2.76. The number of ether oxygens (including phenoxy) is 2. The molecule has 0 bridgehead atoms. The standard InChI is InChI=1S/C22H30N4O2/c1-15(2)12-16(3)28-21-13-17(8-10-24-21)14-25-22(23)26-19-9-11-27-20-7-5-4-6-18(19)20/h4-8,10,13,15-16,19H,9,11-12,14H2,1-3H3,(H3,23,25,26). The number of hydrogen-bond donors (Lipinski definition) is 2. The van der Waals surface area contributed by atoms with E-state index < -0.39 is 0 Å². The Morgan fingerprint density at radius 1 is 1.32 bits per heavy atom. The van der Waals surface area contributed by atoms with E-state index in [-0.39, 0.29) is 12.1 Å². The minimum atomic E-state index is 0.113. The summed E-state index contributed by atoms with van der Waals surface area (Å²) in [6.45, 7) is 7.58. The molecule has 0 spiro atoms. The van der Waals surface area contributed by atoms with Gasteiger partial charge < -0.3 is 20.5 Å². The number of aromatic nitrogens is 1. The lowest BCUT2D eigenvalue weighted by molar-refractivity contribution is 0.185. The Bertz CT molecular complexity index is 807. The molecule has 28 heavy (non-hydrogen) atoms. The van der Waals surface area contributed by atoms with Crippen molar-refractivity contribution >= 4 is 5.96 Å². The van der Waals surface area contributed by atoms with Crippen molar-refractivity contribution in [2.75, 3.05) is 6.61 Å². The Kier molecular flexibility index (Phi) is 6.74. The van der Waals surface area contributed by atoms with Crippen molar-refractivity contribution in [1.29, 1.82) is 0 Å². The van der Waals surface area contributed by atoms with Gasteiger partial charge in [0.05, 0.1) is 25.3 Å². The zero-order chi connectivity index (χ0) is 19.9. The molecule has 3 rings (SSSR count). The van der Waals surface area contributed by atoms with Gasteiger partial charge in [-0.3, -0.25) is 0 Å². The van der Waals surface area contributed by atoms with Gasteiger partial charge in [0.2, 0.25) is 5.88 Å². The molecule has 6 heteroatoms. The van der Waals surface area contributed by atoms with Gasteiger partial charge in [0.1, 0.15) is 5.75 Å². The predicted octanol–water partition coefficient (Wildman–Crippen LogP) is 3.82. The van der Waals surface area contributed by atoms with E-state index >= 15 is 0 Å². The summed E-state index contributed by atoms with van der Waals surface area (Å²) in [6.07, 6.45) is 3.73. The highest BCUT2D eigenvalue weighted by Crippen LogP contribution is 2.31. The Balaban J connectivity index is 1.59. The maximum atomic E-state index is 6.13. The van der Waals surface area contributed by atoms with Gasteiger partial charge in [0.15, 0.2) is 5.96 Å². The molecule has 2 unspecified atom stereocenters. The van der Waals surface area contributed by atoms with Crippen LogP contribution in [0.5, 0.6) is 11.6 Å². The molecule has 0 aliphatic carbocycles. The summed E-state index contributed by atoms with van der Waals surface area (Å²) in [5, 5.41) is 3.31. The minimum absolute atomic E-state index is 0.113. The first-order chi connectivity index (χ1) is 13.5. The van der Waals surface area contributed by atoms with Gasteiger partial charge in [-0.1, -0.05) is 32.0 Å². The van der Waals surface area contributed by atoms with E-state index in [1.165, 1.54) is 0 Å². The third kappa shape index (κ3) is 5.62. The van der Waals surface area contributed by atoms with Crippen molar-refractivity contribution in [3.8, 4) is 11.6 Å². The molecule has 0 saturated carbocycles. The number of hydrogen-bond acceptors (Lipinski definition) is 4. The lowest BCUT2D eigenvalue weighted by Crippen LogP contribution is -2.37. The summed E-state index contributed by atoms with van der Waals surface area (Å²) in [5.41, 5.74) is 8.26. The topological polar surface area (TPSA) is 81.8 Å². The van der Waals surface area contributed by atoms with Crippen LogP contribution in [0.15, 0.2) is 47.6 Å². The quantitative estimate of drug-likeness (QED) is 0.562. The van der Waals surface area contributed by atoms with Crippen molar-refractivity contribution in [1.82, 2.24) is 10.3 Å². The van der Waals surface area contributed by atoms with Crippen molar-refractivity contribution in [2.45, 2.75) is 52.3 Å². The maximum Gasteiger partial charge on any atom is 0.213 e. The molecule has 2 aromatic rings. The number of para-hydroxylation sites is 1. The van der Waals surface area contributed by atoms with Crippen molar-refractivity contribution < 1.29 is 9.47 Å². The SMILES string of the molecule is CC(C)CC(C)Oc1cc(CN=C(N)NC2CCOc3ccccc32)ccn1. The van der Waals surface area contributed by atoms with Gasteiger partial charge in [-0.15, -0.1) is 0 Å². The van der Waals surface area contributed by atoms with E-state index in [9.17, 15) is 0 Å². The number of nitrogens with one attached hydrogen (secondary N) is 1. The second-order valence-electron chi connectivity index (χ2n) is 7.63. The number of guanidine groups is 1. The number of aliphatic imine (C=N–C) groups is 1. The van der Waals surface area contributed by atoms with E-state index in [1.807, 2.05) is 30.3 Å². The molecule has 6 nitrogen and oxygen atoms in total. The molecular formula is C22H30N4O2. The van der Waals surface area contributed by atoms with E-state index in [1.54, 1.807) is 6.20 Å². The van der Waals surface area contributed by atoms with Crippen LogP contribution in [0, 0.1) is 5.92 Å². The second kappa shape index (κ2) is 9.44. The molecule has 3 N–H and O–H groups in total. The van der Waals surface area contributed by atoms with Crippen LogP contribution >= 0.6 is 0 Å². The second-order valence-corrected chi connectivity index (χ2v) is 7.63. The van der Waals surface area contributed by atoms with Crippen LogP contribution in [0.25, 0.3) is 0 Å². The lowest BCUT2D eigenvalue weighted by atomic mass is 10.0. The molecule has 1 aromatic heterocycles. The smallest absolute Gasteiger partial charge is 0.213 e. The summed E-state index contributed by atoms with van der Waals surface area (Å²) in [5.74, 6) is 2.55. The molecule has 0 fully saturated rings. The molecule has 0 radical (unpaired) electrons. The average molecular weight is 383 g/mol. The van der Waals surface area contributed by atoms with Crippen LogP contribution in [-0.4, -0.2) is 23.7 Å². The van der Waals surface area contributed by atoms with Gasteiger partial charge in [-0.05, 0) is 37.0 Å². The zero-order valence-electron chi connectivity index (χ0n) is 16.9. The number of pyridine rings is 1. The monoisotopic (exact) mass is 382 g/mol. The lowest BCUT2D eigenvalue weighted by Gasteiger charge is -2.26. The van der Waals surface area contributed by atoms with Crippen LogP contribution in [-0.2, 0) is 6.54 Å². The van der Waals surface area contributed by atoms with Crippen LogP contribution in [0.3, 0.4) is 0 Å². The van der Waals surface area contributed by atoms with Crippen molar-refractivity contribution in [3.05, 3.63) is 53.7 Å². The normalized spacial score (nSPS) is 17.6. The summed E-state index contributed by atoms with van der Waals surface area (Å²) in [6, 6.07) is 12.0. The fourth-order valence-electron chi connectivity index (χ4n) is 3.42. The molecule has 150 valence electrons. The van der Waals surface area contributed by atoms with E-state index in [0.29, 0.717) is 30.9 Å². The Morgan fingerprint density at radius 3 is 2.96 bits per heavy atom. The van der Waals surface area contributed by atoms with Crippen molar-refractivity contribution in [2.24, 2.45) is 16.6 Å². The summed E-state index contributed by atoms with van der Waals surface area (Å²) < 4.78 is 11.6. The molecule has 1 aromatic carbocycles. The van der Waals surface area contributed by atoms with Crippen LogP contribution in [0.2, 0.25) is 0 Å². The van der Waals surface area contributed by atoms with Crippen molar-refractivity contribution in [3.63, 3.8) is 0 Å². The third-order valence-electron chi connectivity index (χ3n) is 4.64. The number of nitrogens with zero attached hydrogens (tertiary/aromatic N) is 2. The van der Waals surface area contributed by atoms with E-state index in [0.717, 1.165) is 29.7 Å². The Labute approximate surface area is 167 Å². The number of nitrogens with two attached hydrogens (primary N) is 1. The fourth-order valence-corrected chi connectivity index (χ4v) is 3.42. The highest BCUT2D eigenvalue weighted by Gasteiger charge is 2.21.